The van der Waals surface area contributed by atoms with E-state index in [2.05, 4.69) is 4.98 Å². The molecule has 1 aliphatic rings. The predicted molar refractivity (Wildman–Crippen MR) is 60.0 cm³/mol. The lowest BCUT2D eigenvalue weighted by molar-refractivity contribution is 0.187. The van der Waals surface area contributed by atoms with Gasteiger partial charge in [-0.05, 0) is 30.5 Å². The second-order valence-corrected chi connectivity index (χ2v) is 4.31. The molecule has 1 aromatic carbocycles. The maximum Gasteiger partial charge on any atom is 0.198 e. The smallest absolute Gasteiger partial charge is 0.198 e. The van der Waals surface area contributed by atoms with Crippen molar-refractivity contribution in [2.45, 2.75) is 24.9 Å². The fourth-order valence-corrected chi connectivity index (χ4v) is 1.81. The van der Waals surface area contributed by atoms with E-state index in [0.29, 0.717) is 5.92 Å². The minimum atomic E-state index is -0.626. The quantitative estimate of drug-likeness (QED) is 0.822. The number of aliphatic hydroxyl groups is 1. The molecule has 1 aliphatic carbocycles. The molecule has 0 aliphatic heterocycles. The van der Waals surface area contributed by atoms with E-state index in [1.54, 1.807) is 0 Å². The summed E-state index contributed by atoms with van der Waals surface area (Å²) in [4.78, 5) is 4.42. The molecule has 0 amide bonds. The molecule has 16 heavy (non-hydrogen) atoms. The predicted octanol–water partition coefficient (Wildman–Crippen LogP) is 1.70. The summed E-state index contributed by atoms with van der Waals surface area (Å²) >= 11 is 0. The third-order valence-electron chi connectivity index (χ3n) is 2.96. The first-order valence-corrected chi connectivity index (χ1v) is 5.56. The fourth-order valence-electron chi connectivity index (χ4n) is 1.81. The van der Waals surface area contributed by atoms with Crippen molar-refractivity contribution in [3.8, 4) is 0 Å². The second kappa shape index (κ2) is 3.57. The van der Waals surface area contributed by atoms with Gasteiger partial charge in [-0.25, -0.2) is 4.98 Å². The average Bonchev–Trinajstić information content (AvgIpc) is 3.07. The van der Waals surface area contributed by atoms with Crippen LogP contribution in [-0.2, 0) is 0 Å². The van der Waals surface area contributed by atoms with Gasteiger partial charge in [-0.2, -0.15) is 0 Å². The van der Waals surface area contributed by atoms with Gasteiger partial charge >= 0.3 is 0 Å². The van der Waals surface area contributed by atoms with Crippen molar-refractivity contribution >= 4 is 11.1 Å². The molecule has 4 heteroatoms. The van der Waals surface area contributed by atoms with Crippen LogP contribution in [0.3, 0.4) is 0 Å². The van der Waals surface area contributed by atoms with Crippen LogP contribution in [0.1, 0.15) is 36.3 Å². The number of nitrogens with zero attached hydrogens (tertiary/aromatic N) is 1. The van der Waals surface area contributed by atoms with Crippen molar-refractivity contribution in [1.29, 1.82) is 0 Å². The Kier molecular flexibility index (Phi) is 2.19. The summed E-state index contributed by atoms with van der Waals surface area (Å²) < 4.78 is 5.66. The second-order valence-electron chi connectivity index (χ2n) is 4.31. The van der Waals surface area contributed by atoms with Gasteiger partial charge in [-0.15, -0.1) is 0 Å². The van der Waals surface area contributed by atoms with Crippen LogP contribution in [0.2, 0.25) is 0 Å². The third kappa shape index (κ3) is 1.60. The van der Waals surface area contributed by atoms with Crippen molar-refractivity contribution in [2.24, 2.45) is 5.73 Å². The van der Waals surface area contributed by atoms with Gasteiger partial charge in [0.1, 0.15) is 5.52 Å². The third-order valence-corrected chi connectivity index (χ3v) is 2.96. The van der Waals surface area contributed by atoms with E-state index in [1.165, 1.54) is 12.8 Å². The molecule has 1 heterocycles. The van der Waals surface area contributed by atoms with Crippen LogP contribution in [0, 0.1) is 0 Å². The number of hydrogen-bond donors (Lipinski definition) is 2. The zero-order chi connectivity index (χ0) is 11.1. The van der Waals surface area contributed by atoms with Crippen molar-refractivity contribution < 1.29 is 9.52 Å². The number of aliphatic hydroxyl groups excluding tert-OH is 1. The summed E-state index contributed by atoms with van der Waals surface area (Å²) in [5.41, 5.74) is 7.80. The molecule has 1 fully saturated rings. The molecule has 3 rings (SSSR count). The Morgan fingerprint density at radius 3 is 3.00 bits per heavy atom. The van der Waals surface area contributed by atoms with E-state index in [0.717, 1.165) is 22.6 Å². The van der Waals surface area contributed by atoms with E-state index in [4.69, 9.17) is 10.2 Å². The van der Waals surface area contributed by atoms with E-state index < -0.39 is 6.10 Å². The van der Waals surface area contributed by atoms with E-state index in [-0.39, 0.29) is 6.54 Å². The zero-order valence-corrected chi connectivity index (χ0v) is 8.89. The van der Waals surface area contributed by atoms with Gasteiger partial charge < -0.3 is 15.3 Å². The Bertz CT molecular complexity index is 517. The monoisotopic (exact) mass is 218 g/mol. The van der Waals surface area contributed by atoms with Gasteiger partial charge in [0.25, 0.3) is 0 Å². The highest BCUT2D eigenvalue weighted by Crippen LogP contribution is 2.40. The first kappa shape index (κ1) is 9.81. The topological polar surface area (TPSA) is 72.3 Å². The Morgan fingerprint density at radius 1 is 1.50 bits per heavy atom. The van der Waals surface area contributed by atoms with Crippen LogP contribution in [0.5, 0.6) is 0 Å². The Labute approximate surface area is 93.1 Å². The van der Waals surface area contributed by atoms with E-state index in [9.17, 15) is 5.11 Å². The lowest BCUT2D eigenvalue weighted by Gasteiger charge is -2.06. The summed E-state index contributed by atoms with van der Waals surface area (Å²) in [6, 6.07) is 5.55. The van der Waals surface area contributed by atoms with Gasteiger partial charge in [-0.3, -0.25) is 0 Å². The van der Waals surface area contributed by atoms with Gasteiger partial charge in [-0.1, -0.05) is 6.07 Å². The highest BCUT2D eigenvalue weighted by molar-refractivity contribution is 5.73. The maximum atomic E-state index is 9.63. The molecule has 0 saturated heterocycles. The summed E-state index contributed by atoms with van der Waals surface area (Å²) in [7, 11) is 0. The number of aromatic nitrogens is 1. The van der Waals surface area contributed by atoms with Gasteiger partial charge in [0.15, 0.2) is 11.5 Å². The molecule has 4 nitrogen and oxygen atoms in total. The molecule has 1 saturated carbocycles. The standard InChI is InChI=1S/C12H14N2O2/c13-6-10(15)8-3-4-9-11(5-8)16-12(14-9)7-1-2-7/h3-5,7,10,15H,1-2,6,13H2. The Morgan fingerprint density at radius 2 is 2.31 bits per heavy atom. The van der Waals surface area contributed by atoms with Crippen LogP contribution in [0.15, 0.2) is 22.6 Å². The van der Waals surface area contributed by atoms with Crippen molar-refractivity contribution in [1.82, 2.24) is 4.98 Å². The SMILES string of the molecule is NCC(O)c1ccc2nc(C3CC3)oc2c1. The first-order valence-electron chi connectivity index (χ1n) is 5.56. The minimum Gasteiger partial charge on any atom is -0.440 e. The molecule has 0 bridgehead atoms. The minimum absolute atomic E-state index is 0.217. The highest BCUT2D eigenvalue weighted by Gasteiger charge is 2.28. The Balaban J connectivity index is 2.02. The molecule has 3 N–H and O–H groups in total. The van der Waals surface area contributed by atoms with Gasteiger partial charge in [0, 0.05) is 12.5 Å². The van der Waals surface area contributed by atoms with Crippen molar-refractivity contribution in [3.63, 3.8) is 0 Å². The normalized spacial score (nSPS) is 17.9. The first-order chi connectivity index (χ1) is 7.78. The lowest BCUT2D eigenvalue weighted by atomic mass is 10.1. The van der Waals surface area contributed by atoms with Crippen LogP contribution in [0.25, 0.3) is 11.1 Å². The van der Waals surface area contributed by atoms with Crippen LogP contribution < -0.4 is 5.73 Å². The van der Waals surface area contributed by atoms with Crippen molar-refractivity contribution in [2.75, 3.05) is 6.54 Å². The largest absolute Gasteiger partial charge is 0.440 e. The summed E-state index contributed by atoms with van der Waals surface area (Å²) in [5, 5.41) is 9.63. The summed E-state index contributed by atoms with van der Waals surface area (Å²) in [6.45, 7) is 0.217. The summed E-state index contributed by atoms with van der Waals surface area (Å²) in [6.07, 6.45) is 1.72. The molecular weight excluding hydrogens is 204 g/mol. The lowest BCUT2D eigenvalue weighted by Crippen LogP contribution is -2.11. The number of hydrogen-bond acceptors (Lipinski definition) is 4. The van der Waals surface area contributed by atoms with Crippen LogP contribution in [-0.4, -0.2) is 16.6 Å². The van der Waals surface area contributed by atoms with Gasteiger partial charge in [0.05, 0.1) is 6.10 Å². The molecule has 0 radical (unpaired) electrons. The number of nitrogens with two attached hydrogens (primary N) is 1. The molecule has 84 valence electrons. The maximum absolute atomic E-state index is 9.63. The Hall–Kier alpha value is -1.39. The number of oxazole rings is 1. The number of rotatable bonds is 3. The van der Waals surface area contributed by atoms with E-state index in [1.807, 2.05) is 18.2 Å². The molecule has 1 atom stereocenters. The fraction of sp³-hybridized carbons (Fsp3) is 0.417. The number of fused-ring (bicyclic) bond motifs is 1. The molecule has 1 aromatic heterocycles. The molecule has 2 aromatic rings. The molecule has 0 spiro atoms. The highest BCUT2D eigenvalue weighted by atomic mass is 16.3. The van der Waals surface area contributed by atoms with Crippen LogP contribution >= 0.6 is 0 Å². The average molecular weight is 218 g/mol. The molecule has 1 unspecified atom stereocenters. The zero-order valence-electron chi connectivity index (χ0n) is 8.89. The summed E-state index contributed by atoms with van der Waals surface area (Å²) in [5.74, 6) is 1.34. The molecular formula is C12H14N2O2. The van der Waals surface area contributed by atoms with Crippen LogP contribution in [0.4, 0.5) is 0 Å². The number of benzene rings is 1. The van der Waals surface area contributed by atoms with E-state index >= 15 is 0 Å². The van der Waals surface area contributed by atoms with Gasteiger partial charge in [0.2, 0.25) is 0 Å². The van der Waals surface area contributed by atoms with Crippen molar-refractivity contribution in [3.05, 3.63) is 29.7 Å².